The zero-order chi connectivity index (χ0) is 13.4. The Kier molecular flexibility index (Phi) is 5.87. The molecule has 5 nitrogen and oxygen atoms in total. The molecule has 0 saturated carbocycles. The predicted octanol–water partition coefficient (Wildman–Crippen LogP) is 1.43. The van der Waals surface area contributed by atoms with Gasteiger partial charge in [0.1, 0.15) is 0 Å². The normalized spacial score (nSPS) is 10.1. The standard InChI is InChI=1S/C13H17NO4/c1-2-18-7-6-12(15)14-9-10-4-3-5-11(8-10)13(16)17/h3-5,8H,2,6-7,9H2,1H3,(H,14,15)(H,16,17). The molecule has 0 fully saturated rings. The van der Waals surface area contributed by atoms with Gasteiger partial charge >= 0.3 is 5.97 Å². The lowest BCUT2D eigenvalue weighted by Gasteiger charge is -2.06. The fourth-order valence-electron chi connectivity index (χ4n) is 1.41. The van der Waals surface area contributed by atoms with Crippen LogP contribution in [0.1, 0.15) is 29.3 Å². The van der Waals surface area contributed by atoms with Gasteiger partial charge in [0, 0.05) is 19.6 Å². The van der Waals surface area contributed by atoms with Crippen LogP contribution >= 0.6 is 0 Å². The summed E-state index contributed by atoms with van der Waals surface area (Å²) in [5.41, 5.74) is 0.982. The van der Waals surface area contributed by atoms with E-state index in [1.165, 1.54) is 6.07 Å². The molecule has 1 aromatic carbocycles. The van der Waals surface area contributed by atoms with Gasteiger partial charge in [-0.15, -0.1) is 0 Å². The van der Waals surface area contributed by atoms with Crippen LogP contribution in [-0.4, -0.2) is 30.2 Å². The van der Waals surface area contributed by atoms with Gasteiger partial charge in [-0.2, -0.15) is 0 Å². The van der Waals surface area contributed by atoms with E-state index in [1.807, 2.05) is 6.92 Å². The number of hydrogen-bond acceptors (Lipinski definition) is 3. The summed E-state index contributed by atoms with van der Waals surface area (Å²) >= 11 is 0. The SMILES string of the molecule is CCOCCC(=O)NCc1cccc(C(=O)O)c1. The van der Waals surface area contributed by atoms with Crippen molar-refractivity contribution in [1.29, 1.82) is 0 Å². The highest BCUT2D eigenvalue weighted by molar-refractivity contribution is 5.87. The topological polar surface area (TPSA) is 75.6 Å². The number of ether oxygens (including phenoxy) is 1. The molecule has 1 aromatic rings. The van der Waals surface area contributed by atoms with E-state index in [2.05, 4.69) is 5.32 Å². The number of carboxylic acid groups (broad SMARTS) is 1. The number of carbonyl (C=O) groups excluding carboxylic acids is 1. The molecule has 0 radical (unpaired) electrons. The molecule has 98 valence electrons. The number of aromatic carboxylic acids is 1. The molecular weight excluding hydrogens is 234 g/mol. The lowest BCUT2D eigenvalue weighted by molar-refractivity contribution is -0.122. The van der Waals surface area contributed by atoms with Gasteiger partial charge in [0.15, 0.2) is 0 Å². The van der Waals surface area contributed by atoms with Gasteiger partial charge in [0.25, 0.3) is 0 Å². The van der Waals surface area contributed by atoms with E-state index in [-0.39, 0.29) is 11.5 Å². The van der Waals surface area contributed by atoms with Gasteiger partial charge in [0.05, 0.1) is 12.2 Å². The van der Waals surface area contributed by atoms with Crippen molar-refractivity contribution >= 4 is 11.9 Å². The van der Waals surface area contributed by atoms with Crippen molar-refractivity contribution in [2.75, 3.05) is 13.2 Å². The molecule has 0 atom stereocenters. The van der Waals surface area contributed by atoms with Crippen LogP contribution in [0.2, 0.25) is 0 Å². The molecule has 18 heavy (non-hydrogen) atoms. The molecule has 1 amide bonds. The Balaban J connectivity index is 2.41. The van der Waals surface area contributed by atoms with Crippen LogP contribution in [0.3, 0.4) is 0 Å². The van der Waals surface area contributed by atoms with E-state index in [0.29, 0.717) is 26.2 Å². The number of carbonyl (C=O) groups is 2. The lowest BCUT2D eigenvalue weighted by Crippen LogP contribution is -2.24. The van der Waals surface area contributed by atoms with Gasteiger partial charge in [-0.05, 0) is 24.6 Å². The Bertz CT molecular complexity index is 417. The number of carboxylic acids is 1. The van der Waals surface area contributed by atoms with E-state index in [9.17, 15) is 9.59 Å². The molecule has 0 spiro atoms. The maximum absolute atomic E-state index is 11.4. The van der Waals surface area contributed by atoms with Crippen LogP contribution in [0.5, 0.6) is 0 Å². The van der Waals surface area contributed by atoms with Crippen LogP contribution in [-0.2, 0) is 16.1 Å². The van der Waals surface area contributed by atoms with Crippen molar-refractivity contribution in [3.63, 3.8) is 0 Å². The first-order valence-corrected chi connectivity index (χ1v) is 5.80. The Morgan fingerprint density at radius 1 is 1.39 bits per heavy atom. The first-order chi connectivity index (χ1) is 8.63. The summed E-state index contributed by atoms with van der Waals surface area (Å²) < 4.78 is 5.07. The molecule has 0 bridgehead atoms. The van der Waals surface area contributed by atoms with Crippen molar-refractivity contribution in [2.45, 2.75) is 19.9 Å². The third-order valence-electron chi connectivity index (χ3n) is 2.34. The van der Waals surface area contributed by atoms with E-state index in [0.717, 1.165) is 5.56 Å². The summed E-state index contributed by atoms with van der Waals surface area (Å²) in [4.78, 5) is 22.2. The number of benzene rings is 1. The molecular formula is C13H17NO4. The van der Waals surface area contributed by atoms with Gasteiger partial charge < -0.3 is 15.2 Å². The third-order valence-corrected chi connectivity index (χ3v) is 2.34. The second-order valence-corrected chi connectivity index (χ2v) is 3.73. The van der Waals surface area contributed by atoms with Crippen LogP contribution in [0.25, 0.3) is 0 Å². The Labute approximate surface area is 106 Å². The predicted molar refractivity (Wildman–Crippen MR) is 66.4 cm³/mol. The number of rotatable bonds is 7. The first-order valence-electron chi connectivity index (χ1n) is 5.80. The van der Waals surface area contributed by atoms with Crippen LogP contribution in [0, 0.1) is 0 Å². The molecule has 0 heterocycles. The van der Waals surface area contributed by atoms with Crippen LogP contribution in [0.15, 0.2) is 24.3 Å². The Morgan fingerprint density at radius 3 is 2.83 bits per heavy atom. The lowest BCUT2D eigenvalue weighted by atomic mass is 10.1. The number of nitrogens with one attached hydrogen (secondary N) is 1. The summed E-state index contributed by atoms with van der Waals surface area (Å²) in [7, 11) is 0. The van der Waals surface area contributed by atoms with Gasteiger partial charge in [-0.1, -0.05) is 12.1 Å². The van der Waals surface area contributed by atoms with E-state index < -0.39 is 5.97 Å². The summed E-state index contributed by atoms with van der Waals surface area (Å²) in [6.07, 6.45) is 0.312. The van der Waals surface area contributed by atoms with Gasteiger partial charge in [0.2, 0.25) is 5.91 Å². The second kappa shape index (κ2) is 7.45. The van der Waals surface area contributed by atoms with E-state index in [1.54, 1.807) is 18.2 Å². The molecule has 0 aliphatic carbocycles. The minimum atomic E-state index is -0.973. The zero-order valence-corrected chi connectivity index (χ0v) is 10.3. The van der Waals surface area contributed by atoms with Crippen molar-refractivity contribution in [3.8, 4) is 0 Å². The summed E-state index contributed by atoms with van der Waals surface area (Å²) in [5.74, 6) is -1.08. The Hall–Kier alpha value is -1.88. The monoisotopic (exact) mass is 251 g/mol. The van der Waals surface area contributed by atoms with Crippen molar-refractivity contribution in [1.82, 2.24) is 5.32 Å². The molecule has 0 unspecified atom stereocenters. The smallest absolute Gasteiger partial charge is 0.335 e. The highest BCUT2D eigenvalue weighted by Crippen LogP contribution is 2.05. The molecule has 0 aliphatic rings. The quantitative estimate of drug-likeness (QED) is 0.719. The second-order valence-electron chi connectivity index (χ2n) is 3.73. The molecule has 0 aromatic heterocycles. The van der Waals surface area contributed by atoms with Gasteiger partial charge in [-0.25, -0.2) is 4.79 Å². The maximum Gasteiger partial charge on any atom is 0.335 e. The summed E-state index contributed by atoms with van der Waals surface area (Å²) in [6, 6.07) is 6.49. The van der Waals surface area contributed by atoms with Crippen LogP contribution < -0.4 is 5.32 Å². The molecule has 5 heteroatoms. The minimum absolute atomic E-state index is 0.107. The summed E-state index contributed by atoms with van der Waals surface area (Å²) in [6.45, 7) is 3.19. The average Bonchev–Trinajstić information content (AvgIpc) is 2.37. The van der Waals surface area contributed by atoms with E-state index in [4.69, 9.17) is 9.84 Å². The Morgan fingerprint density at radius 2 is 2.17 bits per heavy atom. The van der Waals surface area contributed by atoms with E-state index >= 15 is 0 Å². The highest BCUT2D eigenvalue weighted by Gasteiger charge is 2.04. The average molecular weight is 251 g/mol. The van der Waals surface area contributed by atoms with Crippen molar-refractivity contribution < 1.29 is 19.4 Å². The van der Waals surface area contributed by atoms with Crippen LogP contribution in [0.4, 0.5) is 0 Å². The number of hydrogen-bond donors (Lipinski definition) is 2. The largest absolute Gasteiger partial charge is 0.478 e. The first kappa shape index (κ1) is 14.2. The van der Waals surface area contributed by atoms with Crippen molar-refractivity contribution in [3.05, 3.63) is 35.4 Å². The minimum Gasteiger partial charge on any atom is -0.478 e. The fraction of sp³-hybridized carbons (Fsp3) is 0.385. The summed E-state index contributed by atoms with van der Waals surface area (Å²) in [5, 5.41) is 11.5. The number of amides is 1. The third kappa shape index (κ3) is 4.97. The van der Waals surface area contributed by atoms with Crippen molar-refractivity contribution in [2.24, 2.45) is 0 Å². The molecule has 1 rings (SSSR count). The highest BCUT2D eigenvalue weighted by atomic mass is 16.5. The van der Waals surface area contributed by atoms with Gasteiger partial charge in [-0.3, -0.25) is 4.79 Å². The zero-order valence-electron chi connectivity index (χ0n) is 10.3. The fourth-order valence-corrected chi connectivity index (χ4v) is 1.41. The maximum atomic E-state index is 11.4. The molecule has 0 aliphatic heterocycles. The molecule has 0 saturated heterocycles. The molecule has 2 N–H and O–H groups in total.